The largest absolute Gasteiger partial charge is 0.396 e. The molecule has 162 valence electrons. The second-order valence-corrected chi connectivity index (χ2v) is 8.05. The van der Waals surface area contributed by atoms with E-state index in [1.807, 2.05) is 4.90 Å². The third kappa shape index (κ3) is 6.08. The van der Waals surface area contributed by atoms with Crippen molar-refractivity contribution < 1.29 is 14.6 Å². The Balaban J connectivity index is 1.95. The summed E-state index contributed by atoms with van der Waals surface area (Å²) in [7, 11) is 0. The number of aliphatic hydroxyl groups excluding tert-OH is 1. The molecule has 0 aromatic heterocycles. The van der Waals surface area contributed by atoms with Crippen LogP contribution in [0.25, 0.3) is 0 Å². The van der Waals surface area contributed by atoms with E-state index in [2.05, 4.69) is 31.0 Å². The Labute approximate surface area is 170 Å². The molecule has 28 heavy (non-hydrogen) atoms. The molecule has 2 aliphatic heterocycles. The van der Waals surface area contributed by atoms with E-state index in [-0.39, 0.29) is 17.9 Å². The molecule has 0 radical (unpaired) electrons. The molecular weight excluding hydrogens is 356 g/mol. The van der Waals surface area contributed by atoms with Crippen LogP contribution in [0.5, 0.6) is 0 Å². The quantitative estimate of drug-likeness (QED) is 0.482. The third-order valence-electron chi connectivity index (χ3n) is 6.51. The summed E-state index contributed by atoms with van der Waals surface area (Å²) >= 11 is 0. The molecule has 0 spiro atoms. The monoisotopic (exact) mass is 396 g/mol. The Hall–Kier alpha value is -1.34. The summed E-state index contributed by atoms with van der Waals surface area (Å²) < 4.78 is 5.36. The molecule has 0 aromatic carbocycles. The van der Waals surface area contributed by atoms with E-state index in [0.29, 0.717) is 19.1 Å². The summed E-state index contributed by atoms with van der Waals surface area (Å²) in [5.74, 6) is 1.37. The van der Waals surface area contributed by atoms with Gasteiger partial charge < -0.3 is 25.0 Å². The van der Waals surface area contributed by atoms with Crippen molar-refractivity contribution in [3.8, 4) is 0 Å². The van der Waals surface area contributed by atoms with Crippen LogP contribution in [-0.4, -0.2) is 85.9 Å². The molecule has 2 saturated heterocycles. The lowest BCUT2D eigenvalue weighted by Gasteiger charge is -2.37. The van der Waals surface area contributed by atoms with E-state index in [1.165, 1.54) is 0 Å². The number of nitrogens with one attached hydrogen (secondary N) is 1. The normalized spacial score (nSPS) is 19.8. The Morgan fingerprint density at radius 3 is 2.29 bits per heavy atom. The number of hydrogen-bond acceptors (Lipinski definition) is 4. The summed E-state index contributed by atoms with van der Waals surface area (Å²) in [5.41, 5.74) is 0.0695. The van der Waals surface area contributed by atoms with Gasteiger partial charge in [-0.1, -0.05) is 13.8 Å². The number of carbonyl (C=O) groups is 1. The van der Waals surface area contributed by atoms with Gasteiger partial charge in [-0.25, -0.2) is 0 Å². The van der Waals surface area contributed by atoms with E-state index >= 15 is 0 Å². The molecule has 0 unspecified atom stereocenters. The number of guanidine groups is 1. The Morgan fingerprint density at radius 1 is 1.11 bits per heavy atom. The maximum Gasteiger partial charge on any atom is 0.225 e. The van der Waals surface area contributed by atoms with Crippen molar-refractivity contribution in [1.82, 2.24) is 15.1 Å². The zero-order valence-electron chi connectivity index (χ0n) is 18.1. The molecule has 0 saturated carbocycles. The van der Waals surface area contributed by atoms with E-state index < -0.39 is 0 Å². The van der Waals surface area contributed by atoms with Crippen LogP contribution in [0.2, 0.25) is 0 Å². The fourth-order valence-corrected chi connectivity index (χ4v) is 4.19. The van der Waals surface area contributed by atoms with Crippen molar-refractivity contribution in [2.45, 2.75) is 52.9 Å². The number of hydrogen-bond donors (Lipinski definition) is 2. The molecule has 2 aliphatic rings. The number of piperidine rings is 1. The lowest BCUT2D eigenvalue weighted by atomic mass is 9.79. The fourth-order valence-electron chi connectivity index (χ4n) is 4.19. The number of aliphatic imine (C=N–C) groups is 1. The van der Waals surface area contributed by atoms with Gasteiger partial charge in [0.05, 0.1) is 13.2 Å². The highest BCUT2D eigenvalue weighted by Gasteiger charge is 2.31. The molecule has 0 bridgehead atoms. The molecule has 2 N–H and O–H groups in total. The van der Waals surface area contributed by atoms with Gasteiger partial charge in [-0.15, -0.1) is 0 Å². The van der Waals surface area contributed by atoms with E-state index in [0.717, 1.165) is 77.3 Å². The number of likely N-dealkylation sites (tertiary alicyclic amines) is 1. The molecule has 2 fully saturated rings. The van der Waals surface area contributed by atoms with E-state index in [1.54, 1.807) is 0 Å². The fraction of sp³-hybridized carbons (Fsp3) is 0.905. The van der Waals surface area contributed by atoms with Crippen LogP contribution >= 0.6 is 0 Å². The zero-order chi connectivity index (χ0) is 20.4. The average Bonchev–Trinajstić information content (AvgIpc) is 2.76. The average molecular weight is 397 g/mol. The highest BCUT2D eigenvalue weighted by molar-refractivity contribution is 5.82. The van der Waals surface area contributed by atoms with E-state index in [4.69, 9.17) is 9.73 Å². The molecule has 7 nitrogen and oxygen atoms in total. The van der Waals surface area contributed by atoms with Crippen LogP contribution in [-0.2, 0) is 9.53 Å². The number of ether oxygens (including phenoxy) is 1. The molecule has 1 amide bonds. The maximum absolute atomic E-state index is 12.7. The summed E-state index contributed by atoms with van der Waals surface area (Å²) in [6.45, 7) is 12.7. The molecule has 2 rings (SSSR count). The number of morpholine rings is 1. The smallest absolute Gasteiger partial charge is 0.225 e. The van der Waals surface area contributed by atoms with Gasteiger partial charge in [0.25, 0.3) is 0 Å². The van der Waals surface area contributed by atoms with Gasteiger partial charge in [0, 0.05) is 51.8 Å². The SMILES string of the molecule is CCNC(=NCC(CC)(CC)CCO)N1CCC(C(=O)N2CCOCC2)CC1. The van der Waals surface area contributed by atoms with Gasteiger partial charge in [0.2, 0.25) is 5.91 Å². The first-order valence-corrected chi connectivity index (χ1v) is 11.1. The highest BCUT2D eigenvalue weighted by Crippen LogP contribution is 2.31. The van der Waals surface area contributed by atoms with Crippen LogP contribution in [0.3, 0.4) is 0 Å². The Kier molecular flexibility index (Phi) is 9.51. The summed E-state index contributed by atoms with van der Waals surface area (Å²) in [6, 6.07) is 0. The Bertz CT molecular complexity index is 494. The van der Waals surface area contributed by atoms with Crippen molar-refractivity contribution in [2.75, 3.05) is 59.1 Å². The lowest BCUT2D eigenvalue weighted by molar-refractivity contribution is -0.140. The molecule has 7 heteroatoms. The number of amides is 1. The van der Waals surface area contributed by atoms with Crippen LogP contribution < -0.4 is 5.32 Å². The molecule has 2 heterocycles. The van der Waals surface area contributed by atoms with Crippen molar-refractivity contribution in [1.29, 1.82) is 0 Å². The van der Waals surface area contributed by atoms with Gasteiger partial charge in [-0.05, 0) is 44.4 Å². The zero-order valence-corrected chi connectivity index (χ0v) is 18.1. The third-order valence-corrected chi connectivity index (χ3v) is 6.51. The predicted octanol–water partition coefficient (Wildman–Crippen LogP) is 1.71. The number of nitrogens with zero attached hydrogens (tertiary/aromatic N) is 3. The molecule has 0 atom stereocenters. The van der Waals surface area contributed by atoms with Crippen molar-refractivity contribution >= 4 is 11.9 Å². The summed E-state index contributed by atoms with van der Waals surface area (Å²) in [5, 5.41) is 12.9. The van der Waals surface area contributed by atoms with Crippen LogP contribution in [0.1, 0.15) is 52.9 Å². The second-order valence-electron chi connectivity index (χ2n) is 8.05. The minimum absolute atomic E-state index is 0.0695. The second kappa shape index (κ2) is 11.6. The number of rotatable bonds is 8. The van der Waals surface area contributed by atoms with Crippen molar-refractivity contribution in [2.24, 2.45) is 16.3 Å². The van der Waals surface area contributed by atoms with Gasteiger partial charge in [0.1, 0.15) is 0 Å². The Morgan fingerprint density at radius 2 is 1.75 bits per heavy atom. The number of carbonyl (C=O) groups excluding carboxylic acids is 1. The highest BCUT2D eigenvalue weighted by atomic mass is 16.5. The maximum atomic E-state index is 12.7. The predicted molar refractivity (Wildman–Crippen MR) is 112 cm³/mol. The first-order chi connectivity index (χ1) is 13.6. The number of aliphatic hydroxyl groups is 1. The van der Waals surface area contributed by atoms with Crippen LogP contribution in [0.15, 0.2) is 4.99 Å². The molecule has 0 aromatic rings. The van der Waals surface area contributed by atoms with Crippen LogP contribution in [0, 0.1) is 11.3 Å². The molecule has 0 aliphatic carbocycles. The molecular formula is C21H40N4O3. The summed E-state index contributed by atoms with van der Waals surface area (Å²) in [6.07, 6.45) is 4.58. The topological polar surface area (TPSA) is 77.4 Å². The van der Waals surface area contributed by atoms with Crippen molar-refractivity contribution in [3.05, 3.63) is 0 Å². The van der Waals surface area contributed by atoms with Gasteiger partial charge in [0.15, 0.2) is 5.96 Å². The van der Waals surface area contributed by atoms with Crippen LogP contribution in [0.4, 0.5) is 0 Å². The first kappa shape index (κ1) is 22.9. The standard InChI is InChI=1S/C21H40N4O3/c1-4-21(5-2,9-14-26)17-23-20(22-6-3)25-10-7-18(8-11-25)19(27)24-12-15-28-16-13-24/h18,26H,4-17H2,1-3H3,(H,22,23). The van der Waals surface area contributed by atoms with Crippen molar-refractivity contribution in [3.63, 3.8) is 0 Å². The minimum atomic E-state index is 0.0695. The lowest BCUT2D eigenvalue weighted by Crippen LogP contribution is -2.50. The van der Waals surface area contributed by atoms with Gasteiger partial charge >= 0.3 is 0 Å². The summed E-state index contributed by atoms with van der Waals surface area (Å²) in [4.78, 5) is 21.9. The van der Waals surface area contributed by atoms with E-state index in [9.17, 15) is 9.90 Å². The van der Waals surface area contributed by atoms with Gasteiger partial charge in [-0.2, -0.15) is 0 Å². The van der Waals surface area contributed by atoms with Gasteiger partial charge in [-0.3, -0.25) is 9.79 Å². The minimum Gasteiger partial charge on any atom is -0.396 e. The first-order valence-electron chi connectivity index (χ1n) is 11.1.